The highest BCUT2D eigenvalue weighted by atomic mass is 32.2. The molecule has 0 N–H and O–H groups in total. The van der Waals surface area contributed by atoms with Gasteiger partial charge in [0.2, 0.25) is 15.9 Å². The van der Waals surface area contributed by atoms with Crippen molar-refractivity contribution >= 4 is 27.7 Å². The van der Waals surface area contributed by atoms with Gasteiger partial charge in [0, 0.05) is 26.2 Å². The second-order valence-electron chi connectivity index (χ2n) is 6.51. The Morgan fingerprint density at radius 1 is 1.20 bits per heavy atom. The molecular formula is C14H24N6O3S2. The number of piperazine rings is 1. The van der Waals surface area contributed by atoms with Gasteiger partial charge in [0.05, 0.1) is 23.8 Å². The second-order valence-corrected chi connectivity index (χ2v) is 9.48. The molecule has 2 fully saturated rings. The van der Waals surface area contributed by atoms with Crippen molar-refractivity contribution in [3.05, 3.63) is 5.82 Å². The summed E-state index contributed by atoms with van der Waals surface area (Å²) in [6, 6.07) is 0.394. The molecule has 0 unspecified atom stereocenters. The second kappa shape index (κ2) is 8.00. The van der Waals surface area contributed by atoms with Crippen molar-refractivity contribution in [2.24, 2.45) is 0 Å². The first-order valence-corrected chi connectivity index (χ1v) is 11.5. The number of aromatic nitrogens is 4. The minimum Gasteiger partial charge on any atom is -0.339 e. The fourth-order valence-corrected chi connectivity index (χ4v) is 4.99. The third-order valence-electron chi connectivity index (χ3n) is 4.75. The Bertz CT molecular complexity index is 693. The van der Waals surface area contributed by atoms with Gasteiger partial charge in [0.15, 0.2) is 5.82 Å². The molecule has 1 aliphatic carbocycles. The van der Waals surface area contributed by atoms with E-state index in [0.717, 1.165) is 18.7 Å². The van der Waals surface area contributed by atoms with E-state index in [1.807, 2.05) is 4.68 Å². The van der Waals surface area contributed by atoms with Crippen LogP contribution in [0.5, 0.6) is 0 Å². The van der Waals surface area contributed by atoms with E-state index in [2.05, 4.69) is 15.5 Å². The molecule has 1 saturated heterocycles. The van der Waals surface area contributed by atoms with E-state index in [9.17, 15) is 13.2 Å². The summed E-state index contributed by atoms with van der Waals surface area (Å²) in [4.78, 5) is 14.0. The van der Waals surface area contributed by atoms with E-state index >= 15 is 0 Å². The van der Waals surface area contributed by atoms with Gasteiger partial charge in [-0.25, -0.2) is 13.1 Å². The summed E-state index contributed by atoms with van der Waals surface area (Å²) in [5.74, 6) is 1.83. The van der Waals surface area contributed by atoms with Crippen LogP contribution in [-0.4, -0.2) is 81.9 Å². The monoisotopic (exact) mass is 388 g/mol. The lowest BCUT2D eigenvalue weighted by molar-refractivity contribution is -0.129. The lowest BCUT2D eigenvalue weighted by Crippen LogP contribution is -2.50. The minimum atomic E-state index is -3.17. The maximum Gasteiger partial charge on any atom is 0.232 e. The van der Waals surface area contributed by atoms with Crippen LogP contribution in [0.25, 0.3) is 0 Å². The fourth-order valence-electron chi connectivity index (χ4n) is 3.33. The maximum absolute atomic E-state index is 12.3. The molecule has 1 aromatic heterocycles. The van der Waals surface area contributed by atoms with Gasteiger partial charge < -0.3 is 4.90 Å². The summed E-state index contributed by atoms with van der Waals surface area (Å²) < 4.78 is 26.3. The van der Waals surface area contributed by atoms with Gasteiger partial charge in [-0.05, 0) is 23.3 Å². The van der Waals surface area contributed by atoms with Crippen LogP contribution < -0.4 is 0 Å². The Hall–Kier alpha value is -1.20. The van der Waals surface area contributed by atoms with Crippen LogP contribution in [0.15, 0.2) is 0 Å². The zero-order valence-electron chi connectivity index (χ0n) is 14.4. The highest BCUT2D eigenvalue weighted by molar-refractivity contribution is 7.99. The Morgan fingerprint density at radius 3 is 2.52 bits per heavy atom. The van der Waals surface area contributed by atoms with Crippen LogP contribution in [-0.2, 0) is 20.6 Å². The summed E-state index contributed by atoms with van der Waals surface area (Å²) in [6.07, 6.45) is 5.87. The van der Waals surface area contributed by atoms with E-state index in [1.54, 1.807) is 4.90 Å². The summed E-state index contributed by atoms with van der Waals surface area (Å²) in [7, 11) is -3.17. The number of thioether (sulfide) groups is 1. The minimum absolute atomic E-state index is 0.0399. The Kier molecular flexibility index (Phi) is 5.95. The molecule has 2 heterocycles. The predicted octanol–water partition coefficient (Wildman–Crippen LogP) is 0.125. The van der Waals surface area contributed by atoms with Crippen LogP contribution in [0.3, 0.4) is 0 Å². The summed E-state index contributed by atoms with van der Waals surface area (Å²) in [5, 5.41) is 12.0. The number of hydrogen-bond acceptors (Lipinski definition) is 7. The third-order valence-corrected chi connectivity index (χ3v) is 6.97. The van der Waals surface area contributed by atoms with Gasteiger partial charge in [-0.15, -0.1) is 16.9 Å². The van der Waals surface area contributed by atoms with Gasteiger partial charge in [0.25, 0.3) is 0 Å². The summed E-state index contributed by atoms with van der Waals surface area (Å²) in [5.41, 5.74) is 0. The first-order valence-electron chi connectivity index (χ1n) is 8.52. The number of rotatable bonds is 6. The average Bonchev–Trinajstić information content (AvgIpc) is 3.25. The van der Waals surface area contributed by atoms with E-state index in [1.165, 1.54) is 35.2 Å². The van der Waals surface area contributed by atoms with Gasteiger partial charge >= 0.3 is 0 Å². The fraction of sp³-hybridized carbons (Fsp3) is 0.857. The van der Waals surface area contributed by atoms with Gasteiger partial charge in [-0.1, -0.05) is 12.8 Å². The maximum atomic E-state index is 12.3. The molecule has 0 radical (unpaired) electrons. The van der Waals surface area contributed by atoms with Gasteiger partial charge in [-0.2, -0.15) is 4.31 Å². The van der Waals surface area contributed by atoms with E-state index in [0.29, 0.717) is 43.7 Å². The van der Waals surface area contributed by atoms with Crippen LogP contribution in [0.2, 0.25) is 0 Å². The molecular weight excluding hydrogens is 364 g/mol. The van der Waals surface area contributed by atoms with Crippen molar-refractivity contribution in [3.63, 3.8) is 0 Å². The number of nitrogens with zero attached hydrogens (tertiary/aromatic N) is 6. The quantitative estimate of drug-likeness (QED) is 0.682. The number of tetrazole rings is 1. The SMILES string of the molecule is CS(=O)(=O)N1CCN(C(=O)CSCc2nnnn2C2CCCC2)CC1. The molecule has 2 aliphatic rings. The number of carbonyl (C=O) groups is 1. The van der Waals surface area contributed by atoms with Crippen molar-refractivity contribution in [2.75, 3.05) is 38.2 Å². The van der Waals surface area contributed by atoms with E-state index in [-0.39, 0.29) is 5.91 Å². The third kappa shape index (κ3) is 4.70. The topological polar surface area (TPSA) is 101 Å². The molecule has 0 spiro atoms. The van der Waals surface area contributed by atoms with Crippen LogP contribution in [0.1, 0.15) is 37.5 Å². The van der Waals surface area contributed by atoms with Crippen molar-refractivity contribution in [2.45, 2.75) is 37.5 Å². The van der Waals surface area contributed by atoms with E-state index in [4.69, 9.17) is 0 Å². The van der Waals surface area contributed by atoms with E-state index < -0.39 is 10.0 Å². The van der Waals surface area contributed by atoms with Crippen LogP contribution in [0, 0.1) is 0 Å². The molecule has 25 heavy (non-hydrogen) atoms. The molecule has 1 amide bonds. The summed E-state index contributed by atoms with van der Waals surface area (Å²) in [6.45, 7) is 1.64. The normalized spacial score (nSPS) is 20.3. The Morgan fingerprint density at radius 2 is 1.88 bits per heavy atom. The van der Waals surface area contributed by atoms with Crippen LogP contribution >= 0.6 is 11.8 Å². The average molecular weight is 389 g/mol. The molecule has 140 valence electrons. The molecule has 11 heteroatoms. The molecule has 9 nitrogen and oxygen atoms in total. The van der Waals surface area contributed by atoms with Crippen molar-refractivity contribution in [3.8, 4) is 0 Å². The molecule has 1 aliphatic heterocycles. The Labute approximate surface area is 152 Å². The predicted molar refractivity (Wildman–Crippen MR) is 94.5 cm³/mol. The number of amides is 1. The zero-order chi connectivity index (χ0) is 17.9. The standard InChI is InChI=1S/C14H24N6O3S2/c1-25(22,23)19-8-6-18(7-9-19)14(21)11-24-10-13-15-16-17-20(13)12-4-2-3-5-12/h12H,2-11H2,1H3. The first-order chi connectivity index (χ1) is 11.9. The van der Waals surface area contributed by atoms with Crippen molar-refractivity contribution in [1.82, 2.24) is 29.4 Å². The lowest BCUT2D eigenvalue weighted by atomic mass is 10.2. The number of carbonyl (C=O) groups excluding carboxylic acids is 1. The van der Waals surface area contributed by atoms with Gasteiger partial charge in [-0.3, -0.25) is 4.79 Å². The molecule has 0 bridgehead atoms. The molecule has 1 saturated carbocycles. The molecule has 0 aromatic carbocycles. The number of hydrogen-bond donors (Lipinski definition) is 0. The first kappa shape index (κ1) is 18.6. The van der Waals surface area contributed by atoms with Crippen molar-refractivity contribution in [1.29, 1.82) is 0 Å². The van der Waals surface area contributed by atoms with Crippen LogP contribution in [0.4, 0.5) is 0 Å². The zero-order valence-corrected chi connectivity index (χ0v) is 16.0. The molecule has 1 aromatic rings. The highest BCUT2D eigenvalue weighted by Crippen LogP contribution is 2.29. The van der Waals surface area contributed by atoms with Gasteiger partial charge in [0.1, 0.15) is 0 Å². The lowest BCUT2D eigenvalue weighted by Gasteiger charge is -2.33. The smallest absolute Gasteiger partial charge is 0.232 e. The molecule has 0 atom stereocenters. The largest absolute Gasteiger partial charge is 0.339 e. The van der Waals surface area contributed by atoms with Crippen molar-refractivity contribution < 1.29 is 13.2 Å². The highest BCUT2D eigenvalue weighted by Gasteiger charge is 2.26. The Balaban J connectivity index is 1.44. The summed E-state index contributed by atoms with van der Waals surface area (Å²) >= 11 is 1.51. The number of sulfonamides is 1. The molecule has 3 rings (SSSR count).